The topological polar surface area (TPSA) is 114 Å². The molecule has 0 saturated carbocycles. The second kappa shape index (κ2) is 11.4. The van der Waals surface area contributed by atoms with Gasteiger partial charge in [0.2, 0.25) is 5.95 Å². The molecule has 3 aromatic heterocycles. The number of imidazole rings is 1. The molecule has 232 valence electrons. The van der Waals surface area contributed by atoms with Crippen LogP contribution in [0.3, 0.4) is 0 Å². The molecule has 1 fully saturated rings. The van der Waals surface area contributed by atoms with Crippen LogP contribution in [0.15, 0.2) is 61.4 Å². The van der Waals surface area contributed by atoms with Crippen molar-refractivity contribution in [2.75, 3.05) is 28.6 Å². The molecule has 45 heavy (non-hydrogen) atoms. The number of carbonyl (C=O) groups excluding carboxylic acids is 1. The standard InChI is InChI=1S/C30H26F5N9O/c1-17-3-4-20(27(45)40-22-8-19(7-21(10-22)30(33,34)35)13-43-12-18(2)39-16-43)9-23(17)41-26-25-24(37-15-38-26)11-36-28(42-25)44-6-5-29(31,32)14-44/h3-4,7-12,15-16H,5-6,13-14H2,1-2H3,(H,40,45)(H,37,38,41). The van der Waals surface area contributed by atoms with Gasteiger partial charge in [0.15, 0.2) is 5.82 Å². The van der Waals surface area contributed by atoms with E-state index < -0.39 is 30.1 Å². The van der Waals surface area contributed by atoms with E-state index in [1.165, 1.54) is 35.9 Å². The van der Waals surface area contributed by atoms with Crippen molar-refractivity contribution in [3.63, 3.8) is 0 Å². The predicted molar refractivity (Wildman–Crippen MR) is 157 cm³/mol. The molecule has 2 N–H and O–H groups in total. The van der Waals surface area contributed by atoms with Crippen molar-refractivity contribution >= 4 is 40.1 Å². The van der Waals surface area contributed by atoms with Crippen molar-refractivity contribution in [1.82, 2.24) is 29.5 Å². The van der Waals surface area contributed by atoms with Crippen LogP contribution in [0.4, 0.5) is 45.1 Å². The number of alkyl halides is 5. The first-order valence-corrected chi connectivity index (χ1v) is 13.8. The maximum absolute atomic E-state index is 13.8. The minimum atomic E-state index is -4.62. The van der Waals surface area contributed by atoms with Crippen molar-refractivity contribution in [3.05, 3.63) is 89.4 Å². The Balaban J connectivity index is 1.26. The highest BCUT2D eigenvalue weighted by atomic mass is 19.4. The third kappa shape index (κ3) is 6.66. The summed E-state index contributed by atoms with van der Waals surface area (Å²) in [7, 11) is 0. The van der Waals surface area contributed by atoms with E-state index in [-0.39, 0.29) is 48.0 Å². The summed E-state index contributed by atoms with van der Waals surface area (Å²) in [6.45, 7) is 3.29. The fraction of sp³-hybridized carbons (Fsp3) is 0.267. The van der Waals surface area contributed by atoms with Gasteiger partial charge >= 0.3 is 6.18 Å². The van der Waals surface area contributed by atoms with Crippen molar-refractivity contribution in [2.45, 2.75) is 38.9 Å². The van der Waals surface area contributed by atoms with Crippen LogP contribution in [0.5, 0.6) is 0 Å². The minimum absolute atomic E-state index is 0.0183. The van der Waals surface area contributed by atoms with Gasteiger partial charge in [0.25, 0.3) is 11.8 Å². The van der Waals surface area contributed by atoms with E-state index in [9.17, 15) is 26.7 Å². The summed E-state index contributed by atoms with van der Waals surface area (Å²) >= 11 is 0. The van der Waals surface area contributed by atoms with Gasteiger partial charge in [-0.15, -0.1) is 0 Å². The molecule has 1 aliphatic rings. The number of benzene rings is 2. The van der Waals surface area contributed by atoms with Crippen molar-refractivity contribution in [1.29, 1.82) is 0 Å². The number of aromatic nitrogens is 6. The number of fused-ring (bicyclic) bond motifs is 1. The van der Waals surface area contributed by atoms with E-state index in [1.54, 1.807) is 36.7 Å². The largest absolute Gasteiger partial charge is 0.416 e. The van der Waals surface area contributed by atoms with Crippen molar-refractivity contribution in [2.24, 2.45) is 0 Å². The fourth-order valence-corrected chi connectivity index (χ4v) is 5.01. The molecule has 5 aromatic rings. The number of aryl methyl sites for hydroxylation is 2. The van der Waals surface area contributed by atoms with Crippen LogP contribution in [0.25, 0.3) is 11.0 Å². The van der Waals surface area contributed by atoms with Crippen LogP contribution in [-0.4, -0.2) is 54.4 Å². The molecule has 1 aliphatic heterocycles. The Morgan fingerprint density at radius 3 is 2.58 bits per heavy atom. The SMILES string of the molecule is Cc1cn(Cc2cc(NC(=O)c3ccc(C)c(Nc4ncnc5cnc(N6CCC(F)(F)C6)nc45)c3)cc(C(F)(F)F)c2)cn1. The van der Waals surface area contributed by atoms with Gasteiger partial charge in [-0.3, -0.25) is 4.79 Å². The Morgan fingerprint density at radius 2 is 1.87 bits per heavy atom. The molecule has 15 heteroatoms. The van der Waals surface area contributed by atoms with Gasteiger partial charge in [0.1, 0.15) is 17.4 Å². The van der Waals surface area contributed by atoms with E-state index in [2.05, 4.69) is 35.6 Å². The van der Waals surface area contributed by atoms with Crippen molar-refractivity contribution < 1.29 is 26.7 Å². The molecule has 0 spiro atoms. The van der Waals surface area contributed by atoms with Gasteiger partial charge in [-0.2, -0.15) is 13.2 Å². The normalized spacial score (nSPS) is 14.6. The first kappa shape index (κ1) is 29.8. The second-order valence-electron chi connectivity index (χ2n) is 10.9. The zero-order valence-electron chi connectivity index (χ0n) is 24.0. The second-order valence-corrected chi connectivity index (χ2v) is 10.9. The Labute approximate surface area is 253 Å². The average Bonchev–Trinajstić information content (AvgIpc) is 3.57. The highest BCUT2D eigenvalue weighted by Crippen LogP contribution is 2.33. The van der Waals surface area contributed by atoms with Gasteiger partial charge in [-0.05, 0) is 55.3 Å². The summed E-state index contributed by atoms with van der Waals surface area (Å²) in [6, 6.07) is 8.15. The zero-order chi connectivity index (χ0) is 31.9. The summed E-state index contributed by atoms with van der Waals surface area (Å²) < 4.78 is 70.4. The molecule has 10 nitrogen and oxygen atoms in total. The van der Waals surface area contributed by atoms with Gasteiger partial charge in [0, 0.05) is 42.6 Å². The Kier molecular flexibility index (Phi) is 7.54. The number of nitrogens with zero attached hydrogens (tertiary/aromatic N) is 7. The number of hydrogen-bond donors (Lipinski definition) is 2. The lowest BCUT2D eigenvalue weighted by molar-refractivity contribution is -0.137. The number of anilines is 4. The third-order valence-corrected chi connectivity index (χ3v) is 7.28. The maximum atomic E-state index is 13.8. The van der Waals surface area contributed by atoms with Crippen LogP contribution in [-0.2, 0) is 12.7 Å². The third-order valence-electron chi connectivity index (χ3n) is 7.28. The van der Waals surface area contributed by atoms with E-state index in [4.69, 9.17) is 0 Å². The lowest BCUT2D eigenvalue weighted by Crippen LogP contribution is -2.26. The first-order chi connectivity index (χ1) is 21.3. The lowest BCUT2D eigenvalue weighted by Gasteiger charge is -2.17. The Morgan fingerprint density at radius 1 is 1.04 bits per heavy atom. The van der Waals surface area contributed by atoms with E-state index in [1.807, 2.05) is 0 Å². The lowest BCUT2D eigenvalue weighted by atomic mass is 10.1. The van der Waals surface area contributed by atoms with E-state index >= 15 is 0 Å². The van der Waals surface area contributed by atoms with Crippen LogP contribution in [0.1, 0.15) is 39.2 Å². The van der Waals surface area contributed by atoms with Crippen molar-refractivity contribution in [3.8, 4) is 0 Å². The Bertz CT molecular complexity index is 1910. The van der Waals surface area contributed by atoms with Gasteiger partial charge in [0.05, 0.1) is 30.3 Å². The summed E-state index contributed by atoms with van der Waals surface area (Å²) in [5, 5.41) is 5.71. The monoisotopic (exact) mass is 623 g/mol. The summed E-state index contributed by atoms with van der Waals surface area (Å²) in [5.41, 5.74) is 2.16. The number of nitrogens with one attached hydrogen (secondary N) is 2. The highest BCUT2D eigenvalue weighted by molar-refractivity contribution is 6.05. The number of amides is 1. The molecule has 2 aromatic carbocycles. The molecular formula is C30H26F5N9O. The van der Waals surface area contributed by atoms with Gasteiger partial charge in [-0.1, -0.05) is 6.07 Å². The van der Waals surface area contributed by atoms with E-state index in [0.717, 1.165) is 23.4 Å². The van der Waals surface area contributed by atoms with Crippen LogP contribution >= 0.6 is 0 Å². The quantitative estimate of drug-likeness (QED) is 0.208. The van der Waals surface area contributed by atoms with Crippen LogP contribution < -0.4 is 15.5 Å². The average molecular weight is 624 g/mol. The number of halogens is 5. The molecule has 6 rings (SSSR count). The van der Waals surface area contributed by atoms with Gasteiger partial charge in [-0.25, -0.2) is 33.7 Å². The number of hydrogen-bond acceptors (Lipinski definition) is 8. The number of rotatable bonds is 7. The van der Waals surface area contributed by atoms with Crippen LogP contribution in [0, 0.1) is 13.8 Å². The Hall–Kier alpha value is -5.21. The molecule has 4 heterocycles. The smallest absolute Gasteiger partial charge is 0.338 e. The van der Waals surface area contributed by atoms with Crippen LogP contribution in [0.2, 0.25) is 0 Å². The molecule has 0 unspecified atom stereocenters. The van der Waals surface area contributed by atoms with Gasteiger partial charge < -0.3 is 20.1 Å². The summed E-state index contributed by atoms with van der Waals surface area (Å²) in [5.74, 6) is -3.09. The molecule has 0 bridgehead atoms. The fourth-order valence-electron chi connectivity index (χ4n) is 5.01. The highest BCUT2D eigenvalue weighted by Gasteiger charge is 2.39. The summed E-state index contributed by atoms with van der Waals surface area (Å²) in [6.07, 6.45) is 1.02. The molecule has 0 aliphatic carbocycles. The number of carbonyl (C=O) groups is 1. The predicted octanol–water partition coefficient (Wildman–Crippen LogP) is 6.14. The zero-order valence-corrected chi connectivity index (χ0v) is 24.0. The molecule has 0 atom stereocenters. The molecule has 1 amide bonds. The maximum Gasteiger partial charge on any atom is 0.416 e. The molecule has 1 saturated heterocycles. The minimum Gasteiger partial charge on any atom is -0.338 e. The summed E-state index contributed by atoms with van der Waals surface area (Å²) in [4.78, 5) is 35.8. The first-order valence-electron chi connectivity index (χ1n) is 13.8. The van der Waals surface area contributed by atoms with E-state index in [0.29, 0.717) is 16.8 Å². The molecule has 0 radical (unpaired) electrons. The molecular weight excluding hydrogens is 597 g/mol.